The highest BCUT2D eigenvalue weighted by Crippen LogP contribution is 2.42. The summed E-state index contributed by atoms with van der Waals surface area (Å²) < 4.78 is 0. The number of amides is 1. The summed E-state index contributed by atoms with van der Waals surface area (Å²) in [5, 5.41) is 3.66. The van der Waals surface area contributed by atoms with Gasteiger partial charge in [-0.2, -0.15) is 0 Å². The van der Waals surface area contributed by atoms with Crippen LogP contribution < -0.4 is 5.32 Å². The summed E-state index contributed by atoms with van der Waals surface area (Å²) >= 11 is 0. The molecule has 0 spiro atoms. The van der Waals surface area contributed by atoms with E-state index in [2.05, 4.69) is 47.8 Å². The maximum atomic E-state index is 13.2. The van der Waals surface area contributed by atoms with E-state index in [0.29, 0.717) is 12.0 Å². The monoisotopic (exact) mass is 334 g/mol. The Bertz CT molecular complexity index is 694. The molecule has 2 aromatic carbocycles. The minimum Gasteiger partial charge on any atom is -0.341 e. The third-order valence-corrected chi connectivity index (χ3v) is 5.45. The molecule has 3 heteroatoms. The van der Waals surface area contributed by atoms with E-state index < -0.39 is 0 Å². The zero-order valence-electron chi connectivity index (χ0n) is 14.6. The Morgan fingerprint density at radius 3 is 2.24 bits per heavy atom. The van der Waals surface area contributed by atoms with Gasteiger partial charge >= 0.3 is 0 Å². The maximum Gasteiger partial charge on any atom is 0.244 e. The van der Waals surface area contributed by atoms with Gasteiger partial charge in [0.05, 0.1) is 0 Å². The van der Waals surface area contributed by atoms with Crippen LogP contribution in [0, 0.1) is 0 Å². The van der Waals surface area contributed by atoms with E-state index in [1.165, 1.54) is 12.0 Å². The van der Waals surface area contributed by atoms with Gasteiger partial charge in [-0.05, 0) is 36.8 Å². The summed E-state index contributed by atoms with van der Waals surface area (Å²) in [5.41, 5.74) is 2.45. The van der Waals surface area contributed by atoms with Crippen LogP contribution in [0.25, 0.3) is 0 Å². The van der Waals surface area contributed by atoms with Crippen LogP contribution in [0.3, 0.4) is 0 Å². The van der Waals surface area contributed by atoms with Crippen molar-refractivity contribution in [2.24, 2.45) is 0 Å². The second-order valence-corrected chi connectivity index (χ2v) is 7.26. The molecule has 25 heavy (non-hydrogen) atoms. The average Bonchev–Trinajstić information content (AvgIpc) is 3.47. The van der Waals surface area contributed by atoms with E-state index >= 15 is 0 Å². The lowest BCUT2D eigenvalue weighted by molar-refractivity contribution is -0.134. The summed E-state index contributed by atoms with van der Waals surface area (Å²) in [7, 11) is 0. The number of nitrogens with zero attached hydrogens (tertiary/aromatic N) is 1. The number of piperidine rings is 1. The summed E-state index contributed by atoms with van der Waals surface area (Å²) in [6, 6.07) is 21.0. The molecule has 1 heterocycles. The van der Waals surface area contributed by atoms with Gasteiger partial charge in [0.25, 0.3) is 0 Å². The minimum atomic E-state index is -0.224. The molecule has 0 bridgehead atoms. The van der Waals surface area contributed by atoms with Gasteiger partial charge in [-0.25, -0.2) is 0 Å². The molecule has 3 atom stereocenters. The second-order valence-electron chi connectivity index (χ2n) is 7.26. The first-order valence-corrected chi connectivity index (χ1v) is 9.47. The van der Waals surface area contributed by atoms with Gasteiger partial charge in [-0.1, -0.05) is 60.7 Å². The first-order chi connectivity index (χ1) is 12.3. The van der Waals surface area contributed by atoms with Crippen molar-refractivity contribution in [3.8, 4) is 0 Å². The number of likely N-dealkylation sites (tertiary alicyclic amines) is 1. The fourth-order valence-corrected chi connectivity index (χ4v) is 3.91. The largest absolute Gasteiger partial charge is 0.341 e. The second kappa shape index (κ2) is 7.40. The number of carbonyl (C=O) groups is 1. The summed E-state index contributed by atoms with van der Waals surface area (Å²) in [4.78, 5) is 15.2. The first kappa shape index (κ1) is 16.3. The molecule has 2 aliphatic rings. The number of rotatable bonds is 5. The van der Waals surface area contributed by atoms with E-state index in [-0.39, 0.29) is 11.9 Å². The Morgan fingerprint density at radius 1 is 0.920 bits per heavy atom. The fraction of sp³-hybridized carbons (Fsp3) is 0.409. The Kier molecular flexibility index (Phi) is 4.84. The lowest BCUT2D eigenvalue weighted by atomic mass is 10.0. The van der Waals surface area contributed by atoms with Crippen LogP contribution >= 0.6 is 0 Å². The molecule has 1 saturated heterocycles. The third kappa shape index (κ3) is 3.77. The molecule has 0 radical (unpaired) electrons. The van der Waals surface area contributed by atoms with Gasteiger partial charge in [0.15, 0.2) is 0 Å². The van der Waals surface area contributed by atoms with Crippen molar-refractivity contribution in [1.29, 1.82) is 0 Å². The van der Waals surface area contributed by atoms with Crippen molar-refractivity contribution in [1.82, 2.24) is 10.2 Å². The van der Waals surface area contributed by atoms with Gasteiger partial charge in [0.1, 0.15) is 6.04 Å². The van der Waals surface area contributed by atoms with Crippen LogP contribution in [0.4, 0.5) is 0 Å². The topological polar surface area (TPSA) is 32.3 Å². The van der Waals surface area contributed by atoms with Crippen molar-refractivity contribution in [3.05, 3.63) is 71.8 Å². The molecule has 2 fully saturated rings. The van der Waals surface area contributed by atoms with Gasteiger partial charge in [0.2, 0.25) is 5.91 Å². The number of carbonyl (C=O) groups excluding carboxylic acids is 1. The molecule has 0 unspecified atom stereocenters. The van der Waals surface area contributed by atoms with Crippen LogP contribution in [0.5, 0.6) is 0 Å². The Balaban J connectivity index is 1.49. The lowest BCUT2D eigenvalue weighted by Crippen LogP contribution is -2.44. The molecule has 130 valence electrons. The molecule has 1 aliphatic heterocycles. The number of benzene rings is 2. The van der Waals surface area contributed by atoms with Gasteiger partial charge < -0.3 is 4.90 Å². The minimum absolute atomic E-state index is 0.224. The number of nitrogens with one attached hydrogen (secondary N) is 1. The van der Waals surface area contributed by atoms with Crippen LogP contribution in [-0.2, 0) is 4.79 Å². The molecular weight excluding hydrogens is 308 g/mol. The molecule has 1 aliphatic carbocycles. The molecule has 0 aromatic heterocycles. The van der Waals surface area contributed by atoms with Crippen molar-refractivity contribution < 1.29 is 4.79 Å². The number of hydrogen-bond donors (Lipinski definition) is 1. The van der Waals surface area contributed by atoms with E-state index in [4.69, 9.17) is 0 Å². The lowest BCUT2D eigenvalue weighted by Gasteiger charge is -2.31. The highest BCUT2D eigenvalue weighted by molar-refractivity contribution is 5.83. The zero-order chi connectivity index (χ0) is 17.1. The molecule has 4 rings (SSSR count). The quantitative estimate of drug-likeness (QED) is 0.900. The molecule has 3 nitrogen and oxygen atoms in total. The average molecular weight is 334 g/mol. The zero-order valence-corrected chi connectivity index (χ0v) is 14.6. The fourth-order valence-electron chi connectivity index (χ4n) is 3.91. The van der Waals surface area contributed by atoms with Gasteiger partial charge in [0, 0.05) is 25.0 Å². The molecule has 1 saturated carbocycles. The van der Waals surface area contributed by atoms with E-state index in [9.17, 15) is 4.79 Å². The highest BCUT2D eigenvalue weighted by atomic mass is 16.2. The van der Waals surface area contributed by atoms with E-state index in [0.717, 1.165) is 37.9 Å². The molecular formula is C22H26N2O. The van der Waals surface area contributed by atoms with Crippen LogP contribution in [0.1, 0.15) is 48.8 Å². The van der Waals surface area contributed by atoms with Gasteiger partial charge in [-0.15, -0.1) is 0 Å². The highest BCUT2D eigenvalue weighted by Gasteiger charge is 2.41. The van der Waals surface area contributed by atoms with Gasteiger partial charge in [-0.3, -0.25) is 10.1 Å². The van der Waals surface area contributed by atoms with Crippen molar-refractivity contribution in [2.75, 3.05) is 13.1 Å². The Morgan fingerprint density at radius 2 is 1.56 bits per heavy atom. The summed E-state index contributed by atoms with van der Waals surface area (Å²) in [6.45, 7) is 1.80. The first-order valence-electron chi connectivity index (χ1n) is 9.47. The summed E-state index contributed by atoms with van der Waals surface area (Å²) in [5.74, 6) is 0.770. The van der Waals surface area contributed by atoms with Crippen LogP contribution in [0.15, 0.2) is 60.7 Å². The molecule has 1 amide bonds. The van der Waals surface area contributed by atoms with E-state index in [1.54, 1.807) is 0 Å². The van der Waals surface area contributed by atoms with Crippen molar-refractivity contribution in [2.45, 2.75) is 43.7 Å². The van der Waals surface area contributed by atoms with Crippen molar-refractivity contribution in [3.63, 3.8) is 0 Å². The van der Waals surface area contributed by atoms with Crippen LogP contribution in [-0.4, -0.2) is 29.9 Å². The molecule has 1 N–H and O–H groups in total. The van der Waals surface area contributed by atoms with E-state index in [1.807, 2.05) is 23.1 Å². The normalized spacial score (nSPS) is 23.9. The van der Waals surface area contributed by atoms with Crippen molar-refractivity contribution >= 4 is 5.91 Å². The Hall–Kier alpha value is -2.13. The predicted molar refractivity (Wildman–Crippen MR) is 100 cm³/mol. The predicted octanol–water partition coefficient (Wildman–Crippen LogP) is 3.89. The third-order valence-electron chi connectivity index (χ3n) is 5.45. The smallest absolute Gasteiger partial charge is 0.244 e. The maximum absolute atomic E-state index is 13.2. The standard InChI is InChI=1S/C22H26N2O/c25-22(24-14-8-3-9-15-24)21(18-12-6-2-7-13-18)23-20-16-19(20)17-10-4-1-5-11-17/h1-2,4-7,10-13,19-21,23H,3,8-9,14-16H2/t19-,20-,21-/m1/s1. The Labute approximate surface area is 150 Å². The van der Waals surface area contributed by atoms with Crippen LogP contribution in [0.2, 0.25) is 0 Å². The SMILES string of the molecule is O=C([C@H](N[C@@H]1C[C@@H]1c1ccccc1)c1ccccc1)N1CCCCC1. The number of hydrogen-bond acceptors (Lipinski definition) is 2. The molecule has 2 aromatic rings. The summed E-state index contributed by atoms with van der Waals surface area (Å²) in [6.07, 6.45) is 4.61.